The van der Waals surface area contributed by atoms with Gasteiger partial charge in [0.25, 0.3) is 5.95 Å². The molecular weight excluding hydrogens is 292 g/mol. The Morgan fingerprint density at radius 2 is 2.17 bits per heavy atom. The lowest BCUT2D eigenvalue weighted by molar-refractivity contribution is -0.109. The predicted molar refractivity (Wildman–Crippen MR) is 84.8 cm³/mol. The van der Waals surface area contributed by atoms with Crippen molar-refractivity contribution >= 4 is 6.41 Å². The van der Waals surface area contributed by atoms with Crippen LogP contribution in [0.3, 0.4) is 0 Å². The second-order valence-corrected chi connectivity index (χ2v) is 5.15. The van der Waals surface area contributed by atoms with E-state index in [0.717, 1.165) is 27.9 Å². The molecule has 0 bridgehead atoms. The molecule has 1 N–H and O–H groups in total. The Morgan fingerprint density at radius 1 is 1.30 bits per heavy atom. The minimum atomic E-state index is 0.493. The van der Waals surface area contributed by atoms with Crippen molar-refractivity contribution in [2.45, 2.75) is 20.4 Å². The third-order valence-electron chi connectivity index (χ3n) is 3.62. The summed E-state index contributed by atoms with van der Waals surface area (Å²) < 4.78 is 1.52. The number of nitrogens with zero attached hydrogens (tertiary/aromatic N) is 5. The number of benzene rings is 1. The summed E-state index contributed by atoms with van der Waals surface area (Å²) >= 11 is 0. The van der Waals surface area contributed by atoms with Gasteiger partial charge in [0.1, 0.15) is 12.7 Å². The fraction of sp³-hybridized carbons (Fsp3) is 0.188. The Morgan fingerprint density at radius 3 is 2.83 bits per heavy atom. The van der Waals surface area contributed by atoms with Crippen molar-refractivity contribution < 1.29 is 4.79 Å². The Labute approximate surface area is 133 Å². The highest BCUT2D eigenvalue weighted by atomic mass is 16.1. The van der Waals surface area contributed by atoms with Crippen molar-refractivity contribution in [3.63, 3.8) is 0 Å². The molecule has 3 rings (SSSR count). The van der Waals surface area contributed by atoms with Crippen LogP contribution in [-0.2, 0) is 11.3 Å². The Hall–Kier alpha value is -3.09. The van der Waals surface area contributed by atoms with E-state index in [2.05, 4.69) is 31.4 Å². The molecule has 0 aliphatic carbocycles. The van der Waals surface area contributed by atoms with Gasteiger partial charge in [-0.3, -0.25) is 4.79 Å². The van der Waals surface area contributed by atoms with Crippen LogP contribution in [-0.4, -0.2) is 31.1 Å². The van der Waals surface area contributed by atoms with Gasteiger partial charge in [0.15, 0.2) is 0 Å². The predicted octanol–water partition coefficient (Wildman–Crippen LogP) is 1.59. The van der Waals surface area contributed by atoms with E-state index in [0.29, 0.717) is 18.9 Å². The monoisotopic (exact) mass is 308 g/mol. The van der Waals surface area contributed by atoms with Crippen molar-refractivity contribution in [2.24, 2.45) is 0 Å². The van der Waals surface area contributed by atoms with Gasteiger partial charge in [-0.05, 0) is 30.5 Å². The molecule has 0 unspecified atom stereocenters. The van der Waals surface area contributed by atoms with Gasteiger partial charge in [-0.15, -0.1) is 0 Å². The van der Waals surface area contributed by atoms with Crippen molar-refractivity contribution in [3.05, 3.63) is 53.9 Å². The van der Waals surface area contributed by atoms with Crippen LogP contribution in [0.5, 0.6) is 0 Å². The second-order valence-electron chi connectivity index (χ2n) is 5.15. The summed E-state index contributed by atoms with van der Waals surface area (Å²) in [6.07, 6.45) is 5.50. The molecule has 2 aromatic heterocycles. The van der Waals surface area contributed by atoms with E-state index in [1.54, 1.807) is 12.5 Å². The van der Waals surface area contributed by atoms with E-state index in [1.807, 2.05) is 26.0 Å². The molecule has 0 fully saturated rings. The molecule has 0 spiro atoms. The van der Waals surface area contributed by atoms with Crippen LogP contribution in [0.4, 0.5) is 0 Å². The lowest BCUT2D eigenvalue weighted by atomic mass is 10.00. The van der Waals surface area contributed by atoms with E-state index in [9.17, 15) is 4.79 Å². The first-order chi connectivity index (χ1) is 11.2. The standard InChI is InChI=1S/C16H16N6O/c1-11-5-13(3-4-14(11)6-17-10-23)15-7-19-16(21-12(15)2)22-9-18-8-20-22/h3-5,7-10H,6H2,1-2H3,(H,17,23). The fourth-order valence-corrected chi connectivity index (χ4v) is 2.37. The molecule has 7 heteroatoms. The first-order valence-electron chi connectivity index (χ1n) is 7.14. The molecule has 2 heterocycles. The second kappa shape index (κ2) is 6.35. The van der Waals surface area contributed by atoms with Gasteiger partial charge in [-0.25, -0.2) is 15.0 Å². The number of nitrogens with one attached hydrogen (secondary N) is 1. The minimum absolute atomic E-state index is 0.493. The number of hydrogen-bond donors (Lipinski definition) is 1. The highest BCUT2D eigenvalue weighted by molar-refractivity contribution is 5.66. The number of rotatable bonds is 5. The molecule has 116 valence electrons. The first-order valence-corrected chi connectivity index (χ1v) is 7.14. The normalized spacial score (nSPS) is 10.5. The Kier molecular flexibility index (Phi) is 4.09. The van der Waals surface area contributed by atoms with E-state index >= 15 is 0 Å². The average molecular weight is 308 g/mol. The number of carbonyl (C=O) groups is 1. The molecule has 1 aromatic carbocycles. The number of hydrogen-bond acceptors (Lipinski definition) is 5. The first kappa shape index (κ1) is 14.8. The van der Waals surface area contributed by atoms with Crippen LogP contribution in [0.2, 0.25) is 0 Å². The zero-order valence-corrected chi connectivity index (χ0v) is 12.9. The highest BCUT2D eigenvalue weighted by Crippen LogP contribution is 2.24. The zero-order chi connectivity index (χ0) is 16.2. The largest absolute Gasteiger partial charge is 0.355 e. The minimum Gasteiger partial charge on any atom is -0.355 e. The van der Waals surface area contributed by atoms with E-state index in [1.165, 1.54) is 11.0 Å². The summed E-state index contributed by atoms with van der Waals surface area (Å²) in [6.45, 7) is 4.48. The van der Waals surface area contributed by atoms with Crippen LogP contribution in [0.1, 0.15) is 16.8 Å². The summed E-state index contributed by atoms with van der Waals surface area (Å²) in [5, 5.41) is 6.71. The van der Waals surface area contributed by atoms with Crippen molar-refractivity contribution in [2.75, 3.05) is 0 Å². The van der Waals surface area contributed by atoms with E-state index in [-0.39, 0.29) is 0 Å². The van der Waals surface area contributed by atoms with Gasteiger partial charge in [0.2, 0.25) is 6.41 Å². The Balaban J connectivity index is 1.92. The lowest BCUT2D eigenvalue weighted by Crippen LogP contribution is -2.10. The number of amides is 1. The zero-order valence-electron chi connectivity index (χ0n) is 12.9. The highest BCUT2D eigenvalue weighted by Gasteiger charge is 2.09. The van der Waals surface area contributed by atoms with Gasteiger partial charge in [-0.1, -0.05) is 18.2 Å². The van der Waals surface area contributed by atoms with Gasteiger partial charge in [0, 0.05) is 18.3 Å². The topological polar surface area (TPSA) is 85.6 Å². The summed E-state index contributed by atoms with van der Waals surface area (Å²) in [5.74, 6) is 0.493. The van der Waals surface area contributed by atoms with E-state index in [4.69, 9.17) is 0 Å². The van der Waals surface area contributed by atoms with Crippen LogP contribution >= 0.6 is 0 Å². The van der Waals surface area contributed by atoms with Crippen molar-refractivity contribution in [3.8, 4) is 17.1 Å². The molecular formula is C16H16N6O. The summed E-state index contributed by atoms with van der Waals surface area (Å²) in [6, 6.07) is 6.09. The van der Waals surface area contributed by atoms with Crippen LogP contribution in [0.15, 0.2) is 37.1 Å². The lowest BCUT2D eigenvalue weighted by Gasteiger charge is -2.10. The third-order valence-corrected chi connectivity index (χ3v) is 3.62. The molecule has 0 aliphatic heterocycles. The number of aromatic nitrogens is 5. The van der Waals surface area contributed by atoms with Gasteiger partial charge < -0.3 is 5.32 Å². The van der Waals surface area contributed by atoms with E-state index < -0.39 is 0 Å². The smallest absolute Gasteiger partial charge is 0.252 e. The maximum absolute atomic E-state index is 10.4. The summed E-state index contributed by atoms with van der Waals surface area (Å²) in [5.41, 5.74) is 5.06. The van der Waals surface area contributed by atoms with Gasteiger partial charge >= 0.3 is 0 Å². The van der Waals surface area contributed by atoms with Crippen molar-refractivity contribution in [1.82, 2.24) is 30.0 Å². The molecule has 0 radical (unpaired) electrons. The maximum Gasteiger partial charge on any atom is 0.252 e. The van der Waals surface area contributed by atoms with Crippen LogP contribution in [0.25, 0.3) is 17.1 Å². The van der Waals surface area contributed by atoms with Crippen LogP contribution < -0.4 is 5.32 Å². The van der Waals surface area contributed by atoms with Gasteiger partial charge in [-0.2, -0.15) is 9.78 Å². The quantitative estimate of drug-likeness (QED) is 0.723. The molecule has 0 aliphatic rings. The SMILES string of the molecule is Cc1cc(-c2cnc(-n3cncn3)nc2C)ccc1CNC=O. The Bertz CT molecular complexity index is 829. The van der Waals surface area contributed by atoms with Crippen LogP contribution in [0, 0.1) is 13.8 Å². The number of aryl methyl sites for hydroxylation is 2. The average Bonchev–Trinajstić information content (AvgIpc) is 3.08. The summed E-state index contributed by atoms with van der Waals surface area (Å²) in [4.78, 5) is 23.1. The molecule has 1 amide bonds. The number of carbonyl (C=O) groups excluding carboxylic acids is 1. The third kappa shape index (κ3) is 3.08. The summed E-state index contributed by atoms with van der Waals surface area (Å²) in [7, 11) is 0. The van der Waals surface area contributed by atoms with Gasteiger partial charge in [0.05, 0.1) is 5.69 Å². The molecule has 0 saturated heterocycles. The molecule has 23 heavy (non-hydrogen) atoms. The van der Waals surface area contributed by atoms with Crippen molar-refractivity contribution in [1.29, 1.82) is 0 Å². The molecule has 0 atom stereocenters. The fourth-order valence-electron chi connectivity index (χ4n) is 2.37. The molecule has 7 nitrogen and oxygen atoms in total. The molecule has 3 aromatic rings. The maximum atomic E-state index is 10.4. The molecule has 0 saturated carbocycles.